The predicted octanol–water partition coefficient (Wildman–Crippen LogP) is 4.31. The van der Waals surface area contributed by atoms with Crippen molar-refractivity contribution in [3.8, 4) is 0 Å². The number of aliphatic imine (C=N–C) groups is 1. The molecule has 0 radical (unpaired) electrons. The zero-order valence-corrected chi connectivity index (χ0v) is 15.9. The van der Waals surface area contributed by atoms with E-state index in [4.69, 9.17) is 4.99 Å². The third-order valence-electron chi connectivity index (χ3n) is 6.56. The van der Waals surface area contributed by atoms with E-state index >= 15 is 0 Å². The topological polar surface area (TPSA) is 61.4 Å². The maximum atomic E-state index is 11.9. The summed E-state index contributed by atoms with van der Waals surface area (Å²) in [6.45, 7) is 3.07. The van der Waals surface area contributed by atoms with Crippen LogP contribution in [-0.4, -0.2) is 33.0 Å². The fourth-order valence-corrected chi connectivity index (χ4v) is 5.11. The second-order valence-electron chi connectivity index (χ2n) is 8.15. The van der Waals surface area contributed by atoms with Gasteiger partial charge in [-0.3, -0.25) is 9.79 Å². The van der Waals surface area contributed by atoms with Crippen LogP contribution in [0.25, 0.3) is 11.0 Å². The molecule has 5 nitrogen and oxygen atoms in total. The van der Waals surface area contributed by atoms with E-state index in [2.05, 4.69) is 22.1 Å². The van der Waals surface area contributed by atoms with Crippen LogP contribution in [0.3, 0.4) is 0 Å². The molecule has 5 heteroatoms. The summed E-state index contributed by atoms with van der Waals surface area (Å²) >= 11 is 0. The van der Waals surface area contributed by atoms with Crippen LogP contribution in [0.2, 0.25) is 0 Å². The summed E-state index contributed by atoms with van der Waals surface area (Å²) in [5.74, 6) is 1.48. The monoisotopic (exact) mass is 362 g/mol. The lowest BCUT2D eigenvalue weighted by molar-refractivity contribution is -0.129. The lowest BCUT2D eigenvalue weighted by Gasteiger charge is -2.33. The summed E-state index contributed by atoms with van der Waals surface area (Å²) in [5.41, 5.74) is 5.52. The highest BCUT2D eigenvalue weighted by Gasteiger charge is 2.30. The van der Waals surface area contributed by atoms with Crippen LogP contribution in [0.5, 0.6) is 0 Å². The molecular formula is C22H26N4O. The molecule has 27 heavy (non-hydrogen) atoms. The Kier molecular flexibility index (Phi) is 4.10. The zero-order chi connectivity index (χ0) is 18.4. The molecule has 2 unspecified atom stereocenters. The molecule has 1 N–H and O–H groups in total. The van der Waals surface area contributed by atoms with Crippen LogP contribution >= 0.6 is 0 Å². The van der Waals surface area contributed by atoms with E-state index in [0.29, 0.717) is 12.5 Å². The Morgan fingerprint density at radius 1 is 1.33 bits per heavy atom. The highest BCUT2D eigenvalue weighted by Crippen LogP contribution is 2.39. The summed E-state index contributed by atoms with van der Waals surface area (Å²) in [7, 11) is 0. The van der Waals surface area contributed by atoms with Crippen LogP contribution in [0.1, 0.15) is 50.3 Å². The highest BCUT2D eigenvalue weighted by molar-refractivity contribution is 6.03. The SMILES string of the molecule is CC(=O)N1CCc2[nH]c3nccc(N=C4C=CCC5CCCCC45)c3c2C1. The Hall–Kier alpha value is -2.43. The van der Waals surface area contributed by atoms with Crippen LogP contribution in [0, 0.1) is 11.8 Å². The number of rotatable bonds is 1. The molecule has 5 rings (SSSR count). The van der Waals surface area contributed by atoms with Crippen molar-refractivity contribution in [1.82, 2.24) is 14.9 Å². The number of aromatic nitrogens is 2. The van der Waals surface area contributed by atoms with E-state index < -0.39 is 0 Å². The largest absolute Gasteiger partial charge is 0.343 e. The molecule has 3 aliphatic rings. The first-order valence-corrected chi connectivity index (χ1v) is 10.2. The van der Waals surface area contributed by atoms with Crippen LogP contribution in [0.4, 0.5) is 5.69 Å². The molecule has 2 aromatic heterocycles. The van der Waals surface area contributed by atoms with Crippen LogP contribution in [0.15, 0.2) is 29.4 Å². The van der Waals surface area contributed by atoms with Crippen molar-refractivity contribution < 1.29 is 4.79 Å². The molecule has 2 aromatic rings. The minimum Gasteiger partial charge on any atom is -0.343 e. The molecule has 1 amide bonds. The number of carbonyl (C=O) groups is 1. The summed E-state index contributed by atoms with van der Waals surface area (Å²) in [4.78, 5) is 27.0. The molecule has 0 saturated heterocycles. The van der Waals surface area contributed by atoms with Gasteiger partial charge in [0.05, 0.1) is 5.69 Å². The van der Waals surface area contributed by atoms with Gasteiger partial charge in [-0.25, -0.2) is 4.98 Å². The van der Waals surface area contributed by atoms with Crippen molar-refractivity contribution in [3.63, 3.8) is 0 Å². The minimum atomic E-state index is 0.131. The smallest absolute Gasteiger partial charge is 0.219 e. The van der Waals surface area contributed by atoms with Gasteiger partial charge in [-0.2, -0.15) is 0 Å². The Balaban J connectivity index is 1.60. The van der Waals surface area contributed by atoms with Crippen molar-refractivity contribution in [2.24, 2.45) is 16.8 Å². The first-order valence-electron chi connectivity index (χ1n) is 10.2. The zero-order valence-electron chi connectivity index (χ0n) is 15.9. The average Bonchev–Trinajstić information content (AvgIpc) is 3.07. The highest BCUT2D eigenvalue weighted by atomic mass is 16.2. The van der Waals surface area contributed by atoms with Crippen LogP contribution in [-0.2, 0) is 17.8 Å². The van der Waals surface area contributed by atoms with E-state index in [1.54, 1.807) is 6.92 Å². The van der Waals surface area contributed by atoms with E-state index in [-0.39, 0.29) is 5.91 Å². The molecule has 2 aliphatic carbocycles. The number of carbonyl (C=O) groups excluding carboxylic acids is 1. The van der Waals surface area contributed by atoms with Gasteiger partial charge >= 0.3 is 0 Å². The number of H-pyrrole nitrogens is 1. The van der Waals surface area contributed by atoms with Gasteiger partial charge in [0, 0.05) is 60.9 Å². The number of nitrogens with zero attached hydrogens (tertiary/aromatic N) is 3. The number of pyridine rings is 1. The van der Waals surface area contributed by atoms with Gasteiger partial charge < -0.3 is 9.88 Å². The van der Waals surface area contributed by atoms with Crippen molar-refractivity contribution in [2.45, 2.75) is 52.0 Å². The van der Waals surface area contributed by atoms with Gasteiger partial charge in [0.15, 0.2) is 0 Å². The summed E-state index contributed by atoms with van der Waals surface area (Å²) < 4.78 is 0. The average molecular weight is 362 g/mol. The van der Waals surface area contributed by atoms with Crippen molar-refractivity contribution in [3.05, 3.63) is 35.7 Å². The lowest BCUT2D eigenvalue weighted by atomic mass is 9.72. The first kappa shape index (κ1) is 16.7. The minimum absolute atomic E-state index is 0.131. The van der Waals surface area contributed by atoms with Gasteiger partial charge in [-0.15, -0.1) is 0 Å². The fraction of sp³-hybridized carbons (Fsp3) is 0.500. The number of hydrogen-bond acceptors (Lipinski definition) is 3. The lowest BCUT2D eigenvalue weighted by Crippen LogP contribution is -2.33. The van der Waals surface area contributed by atoms with Crippen LogP contribution < -0.4 is 0 Å². The number of hydrogen-bond donors (Lipinski definition) is 1. The quantitative estimate of drug-likeness (QED) is 0.822. The third kappa shape index (κ3) is 2.89. The summed E-state index contributed by atoms with van der Waals surface area (Å²) in [5, 5.41) is 1.09. The standard InChI is InChI=1S/C22H26N4O/c1-14(27)26-12-10-19-17(13-26)21-20(9-11-23-22(21)25-19)24-18-8-4-6-15-5-2-3-7-16(15)18/h4,8-9,11,15-16H,2-3,5-7,10,12-13H2,1H3,(H,23,25). The number of amides is 1. The third-order valence-corrected chi connectivity index (χ3v) is 6.56. The number of nitrogens with one attached hydrogen (secondary N) is 1. The molecule has 0 aromatic carbocycles. The summed E-state index contributed by atoms with van der Waals surface area (Å²) in [6.07, 6.45) is 13.7. The maximum Gasteiger partial charge on any atom is 0.219 e. The van der Waals surface area contributed by atoms with Gasteiger partial charge in [0.25, 0.3) is 0 Å². The molecule has 0 bridgehead atoms. The van der Waals surface area contributed by atoms with Gasteiger partial charge in [0.2, 0.25) is 5.91 Å². The molecule has 3 heterocycles. The molecule has 0 spiro atoms. The predicted molar refractivity (Wildman–Crippen MR) is 107 cm³/mol. The van der Waals surface area contributed by atoms with E-state index in [1.165, 1.54) is 49.1 Å². The second-order valence-corrected chi connectivity index (χ2v) is 8.15. The molecule has 2 atom stereocenters. The number of aromatic amines is 1. The van der Waals surface area contributed by atoms with E-state index in [0.717, 1.165) is 35.6 Å². The molecule has 1 saturated carbocycles. The van der Waals surface area contributed by atoms with E-state index in [9.17, 15) is 4.79 Å². The van der Waals surface area contributed by atoms with Crippen molar-refractivity contribution in [1.29, 1.82) is 0 Å². The Labute approximate surface area is 159 Å². The van der Waals surface area contributed by atoms with Gasteiger partial charge in [-0.05, 0) is 37.3 Å². The molecule has 1 aliphatic heterocycles. The Morgan fingerprint density at radius 2 is 2.22 bits per heavy atom. The van der Waals surface area contributed by atoms with Gasteiger partial charge in [-0.1, -0.05) is 18.9 Å². The van der Waals surface area contributed by atoms with Gasteiger partial charge in [0.1, 0.15) is 5.65 Å². The molecule has 140 valence electrons. The van der Waals surface area contributed by atoms with Crippen molar-refractivity contribution in [2.75, 3.05) is 6.54 Å². The van der Waals surface area contributed by atoms with E-state index in [1.807, 2.05) is 17.2 Å². The second kappa shape index (κ2) is 6.63. The normalized spacial score (nSPS) is 26.3. The number of fused-ring (bicyclic) bond motifs is 4. The van der Waals surface area contributed by atoms with Crippen molar-refractivity contribution >= 4 is 28.3 Å². The Morgan fingerprint density at radius 3 is 3.11 bits per heavy atom. The number of allylic oxidation sites excluding steroid dienone is 2. The fourth-order valence-electron chi connectivity index (χ4n) is 5.11. The maximum absolute atomic E-state index is 11.9. The first-order chi connectivity index (χ1) is 13.2. The summed E-state index contributed by atoms with van der Waals surface area (Å²) in [6, 6.07) is 2.02. The molecular weight excluding hydrogens is 336 g/mol. The Bertz CT molecular complexity index is 955. The molecule has 1 fully saturated rings.